The van der Waals surface area contributed by atoms with Gasteiger partial charge >= 0.3 is 0 Å². The standard InChI is InChI=1S/C24H27FN4O2/c1-31-19-6-7-20(25)18(13-19)14-27-10-4-8-24(16-27)9-12-29(17-24)23(30)21-15-28-11-3-2-5-22(28)26-21/h2-3,5-7,11,13,15H,4,8-10,12,14,16-17H2,1H3. The van der Waals surface area contributed by atoms with Gasteiger partial charge in [-0.1, -0.05) is 6.07 Å². The van der Waals surface area contributed by atoms with Crippen LogP contribution in [-0.2, 0) is 6.54 Å². The van der Waals surface area contributed by atoms with E-state index in [4.69, 9.17) is 4.74 Å². The number of amides is 1. The van der Waals surface area contributed by atoms with Gasteiger partial charge in [-0.05, 0) is 56.1 Å². The molecule has 1 unspecified atom stereocenters. The van der Waals surface area contributed by atoms with E-state index in [0.29, 0.717) is 23.6 Å². The van der Waals surface area contributed by atoms with Crippen molar-refractivity contribution in [2.45, 2.75) is 25.8 Å². The molecule has 1 atom stereocenters. The van der Waals surface area contributed by atoms with Crippen molar-refractivity contribution in [2.24, 2.45) is 5.41 Å². The average Bonchev–Trinajstić information content (AvgIpc) is 3.39. The molecule has 2 aromatic heterocycles. The van der Waals surface area contributed by atoms with Gasteiger partial charge in [-0.25, -0.2) is 9.37 Å². The number of carbonyl (C=O) groups is 1. The molecule has 0 N–H and O–H groups in total. The fraction of sp³-hybridized carbons (Fsp3) is 0.417. The normalized spacial score (nSPS) is 21.8. The molecule has 2 saturated heterocycles. The molecule has 162 valence electrons. The number of carbonyl (C=O) groups excluding carboxylic acids is 1. The Morgan fingerprint density at radius 3 is 2.94 bits per heavy atom. The minimum Gasteiger partial charge on any atom is -0.497 e. The second kappa shape index (κ2) is 7.96. The van der Waals surface area contributed by atoms with Gasteiger partial charge in [-0.3, -0.25) is 9.69 Å². The Balaban J connectivity index is 1.28. The maximum atomic E-state index is 14.3. The predicted molar refractivity (Wildman–Crippen MR) is 116 cm³/mol. The summed E-state index contributed by atoms with van der Waals surface area (Å²) in [6.45, 7) is 3.85. The molecule has 0 bridgehead atoms. The number of hydrogen-bond acceptors (Lipinski definition) is 4. The van der Waals surface area contributed by atoms with Crippen LogP contribution in [0.3, 0.4) is 0 Å². The fourth-order valence-corrected chi connectivity index (χ4v) is 5.13. The van der Waals surface area contributed by atoms with Crippen molar-refractivity contribution in [1.29, 1.82) is 0 Å². The van der Waals surface area contributed by atoms with E-state index in [0.717, 1.165) is 51.1 Å². The van der Waals surface area contributed by atoms with Crippen LogP contribution in [0.1, 0.15) is 35.3 Å². The molecule has 1 aromatic carbocycles. The highest BCUT2D eigenvalue weighted by Crippen LogP contribution is 2.40. The molecule has 7 heteroatoms. The van der Waals surface area contributed by atoms with Crippen molar-refractivity contribution in [3.05, 3.63) is 65.9 Å². The third-order valence-corrected chi connectivity index (χ3v) is 6.70. The first-order valence-electron chi connectivity index (χ1n) is 10.8. The highest BCUT2D eigenvalue weighted by Gasteiger charge is 2.43. The lowest BCUT2D eigenvalue weighted by molar-refractivity contribution is 0.0669. The van der Waals surface area contributed by atoms with Crippen LogP contribution in [0.25, 0.3) is 5.65 Å². The van der Waals surface area contributed by atoms with Crippen LogP contribution in [-0.4, -0.2) is 58.4 Å². The van der Waals surface area contributed by atoms with Gasteiger partial charge in [0.1, 0.15) is 22.9 Å². The molecule has 0 aliphatic carbocycles. The van der Waals surface area contributed by atoms with Crippen molar-refractivity contribution in [3.63, 3.8) is 0 Å². The number of benzene rings is 1. The van der Waals surface area contributed by atoms with Crippen LogP contribution < -0.4 is 4.74 Å². The van der Waals surface area contributed by atoms with E-state index in [-0.39, 0.29) is 17.1 Å². The molecule has 4 heterocycles. The van der Waals surface area contributed by atoms with E-state index < -0.39 is 0 Å². The Morgan fingerprint density at radius 1 is 1.19 bits per heavy atom. The number of methoxy groups -OCH3 is 1. The van der Waals surface area contributed by atoms with E-state index in [2.05, 4.69) is 9.88 Å². The molecular weight excluding hydrogens is 395 g/mol. The van der Waals surface area contributed by atoms with E-state index in [1.807, 2.05) is 33.7 Å². The summed E-state index contributed by atoms with van der Waals surface area (Å²) in [5.41, 5.74) is 2.01. The molecule has 1 spiro atoms. The zero-order valence-electron chi connectivity index (χ0n) is 17.8. The van der Waals surface area contributed by atoms with Gasteiger partial charge in [0, 0.05) is 49.6 Å². The first-order chi connectivity index (χ1) is 15.0. The second-order valence-corrected chi connectivity index (χ2v) is 8.84. The molecule has 0 radical (unpaired) electrons. The Morgan fingerprint density at radius 2 is 2.10 bits per heavy atom. The van der Waals surface area contributed by atoms with Crippen LogP contribution >= 0.6 is 0 Å². The van der Waals surface area contributed by atoms with Crippen molar-refractivity contribution in [2.75, 3.05) is 33.3 Å². The summed E-state index contributed by atoms with van der Waals surface area (Å²) in [5.74, 6) is 0.472. The van der Waals surface area contributed by atoms with Crippen LogP contribution in [0.4, 0.5) is 4.39 Å². The van der Waals surface area contributed by atoms with Gasteiger partial charge in [0.15, 0.2) is 0 Å². The first kappa shape index (κ1) is 20.0. The summed E-state index contributed by atoms with van der Waals surface area (Å²) in [4.78, 5) is 21.9. The van der Waals surface area contributed by atoms with Gasteiger partial charge in [0.05, 0.1) is 7.11 Å². The van der Waals surface area contributed by atoms with Crippen molar-refractivity contribution in [1.82, 2.24) is 19.2 Å². The van der Waals surface area contributed by atoms with Gasteiger partial charge in [0.25, 0.3) is 5.91 Å². The number of halogens is 1. The molecule has 31 heavy (non-hydrogen) atoms. The molecule has 5 rings (SSSR count). The zero-order valence-corrected chi connectivity index (χ0v) is 17.8. The number of likely N-dealkylation sites (tertiary alicyclic amines) is 2. The number of hydrogen-bond donors (Lipinski definition) is 0. The average molecular weight is 423 g/mol. The number of ether oxygens (including phenoxy) is 1. The first-order valence-corrected chi connectivity index (χ1v) is 10.8. The van der Waals surface area contributed by atoms with Gasteiger partial charge in [-0.2, -0.15) is 0 Å². The summed E-state index contributed by atoms with van der Waals surface area (Å²) in [7, 11) is 1.60. The van der Waals surface area contributed by atoms with Crippen LogP contribution in [0.15, 0.2) is 48.8 Å². The third kappa shape index (κ3) is 3.90. The topological polar surface area (TPSA) is 50.1 Å². The van der Waals surface area contributed by atoms with E-state index in [1.54, 1.807) is 25.4 Å². The molecule has 6 nitrogen and oxygen atoms in total. The maximum absolute atomic E-state index is 14.3. The van der Waals surface area contributed by atoms with Crippen LogP contribution in [0, 0.1) is 11.2 Å². The minimum atomic E-state index is -0.199. The Labute approximate surface area is 181 Å². The lowest BCUT2D eigenvalue weighted by atomic mass is 9.79. The number of piperidine rings is 1. The Kier molecular flexibility index (Phi) is 5.14. The molecule has 3 aromatic rings. The van der Waals surface area contributed by atoms with E-state index in [9.17, 15) is 9.18 Å². The highest BCUT2D eigenvalue weighted by molar-refractivity contribution is 5.93. The van der Waals surface area contributed by atoms with Gasteiger partial charge in [0.2, 0.25) is 0 Å². The third-order valence-electron chi connectivity index (χ3n) is 6.70. The Hall–Kier alpha value is -2.93. The molecule has 0 saturated carbocycles. The number of aromatic nitrogens is 2. The van der Waals surface area contributed by atoms with Crippen molar-refractivity contribution in [3.8, 4) is 5.75 Å². The largest absolute Gasteiger partial charge is 0.497 e. The number of nitrogens with zero attached hydrogens (tertiary/aromatic N) is 4. The number of imidazole rings is 1. The van der Waals surface area contributed by atoms with Crippen molar-refractivity contribution >= 4 is 11.6 Å². The minimum absolute atomic E-state index is 0.00320. The second-order valence-electron chi connectivity index (χ2n) is 8.84. The quantitative estimate of drug-likeness (QED) is 0.645. The number of fused-ring (bicyclic) bond motifs is 1. The van der Waals surface area contributed by atoms with Crippen molar-refractivity contribution < 1.29 is 13.9 Å². The summed E-state index contributed by atoms with van der Waals surface area (Å²) >= 11 is 0. The fourth-order valence-electron chi connectivity index (χ4n) is 5.13. The zero-order chi connectivity index (χ0) is 21.4. The number of rotatable bonds is 4. The SMILES string of the molecule is COc1ccc(F)c(CN2CCCC3(CCN(C(=O)c4cn5ccccc5n4)C3)C2)c1. The van der Waals surface area contributed by atoms with Crippen LogP contribution in [0.2, 0.25) is 0 Å². The van der Waals surface area contributed by atoms with E-state index >= 15 is 0 Å². The van der Waals surface area contributed by atoms with E-state index in [1.165, 1.54) is 6.07 Å². The smallest absolute Gasteiger partial charge is 0.274 e. The lowest BCUT2D eigenvalue weighted by Crippen LogP contribution is -2.45. The molecule has 2 fully saturated rings. The summed E-state index contributed by atoms with van der Waals surface area (Å²) in [6, 6.07) is 10.7. The van der Waals surface area contributed by atoms with Gasteiger partial charge in [-0.15, -0.1) is 0 Å². The highest BCUT2D eigenvalue weighted by atomic mass is 19.1. The Bertz CT molecular complexity index is 1080. The van der Waals surface area contributed by atoms with Gasteiger partial charge < -0.3 is 14.0 Å². The summed E-state index contributed by atoms with van der Waals surface area (Å²) in [5, 5.41) is 0. The summed E-state index contributed by atoms with van der Waals surface area (Å²) in [6.07, 6.45) is 6.84. The summed E-state index contributed by atoms with van der Waals surface area (Å²) < 4.78 is 21.5. The molecular formula is C24H27FN4O2. The lowest BCUT2D eigenvalue weighted by Gasteiger charge is -2.40. The predicted octanol–water partition coefficient (Wildman–Crippen LogP) is 3.61. The van der Waals surface area contributed by atoms with Crippen LogP contribution in [0.5, 0.6) is 5.75 Å². The number of pyridine rings is 1. The monoisotopic (exact) mass is 422 g/mol. The maximum Gasteiger partial charge on any atom is 0.274 e. The molecule has 2 aliphatic heterocycles. The molecule has 1 amide bonds. The molecule has 2 aliphatic rings.